The predicted molar refractivity (Wildman–Crippen MR) is 97.5 cm³/mol. The minimum absolute atomic E-state index is 0.353. The number of aromatic nitrogens is 1. The van der Waals surface area contributed by atoms with Crippen LogP contribution in [0, 0.1) is 0 Å². The number of halogens is 1. The van der Waals surface area contributed by atoms with Crippen LogP contribution in [0.5, 0.6) is 0 Å². The fourth-order valence-corrected chi connectivity index (χ4v) is 2.46. The molecular formula is C16H24BBrN2O4. The second-order valence-corrected chi connectivity index (χ2v) is 8.72. The maximum absolute atomic E-state index is 12.1. The summed E-state index contributed by atoms with van der Waals surface area (Å²) in [6.45, 7) is 13.3. The van der Waals surface area contributed by atoms with Crippen molar-refractivity contribution < 1.29 is 18.8 Å². The summed E-state index contributed by atoms with van der Waals surface area (Å²) in [5, 5.41) is 2.67. The second-order valence-electron chi connectivity index (χ2n) is 7.81. The van der Waals surface area contributed by atoms with E-state index in [2.05, 4.69) is 26.2 Å². The highest BCUT2D eigenvalue weighted by molar-refractivity contribution is 9.10. The van der Waals surface area contributed by atoms with Crippen LogP contribution < -0.4 is 10.8 Å². The zero-order valence-electron chi connectivity index (χ0n) is 15.2. The lowest BCUT2D eigenvalue weighted by atomic mass is 9.79. The third kappa shape index (κ3) is 4.29. The van der Waals surface area contributed by atoms with E-state index >= 15 is 0 Å². The van der Waals surface area contributed by atoms with Gasteiger partial charge >= 0.3 is 13.2 Å². The minimum Gasteiger partial charge on any atom is -0.444 e. The number of carbonyl (C=O) groups is 1. The molecule has 1 saturated heterocycles. The Morgan fingerprint density at radius 3 is 2.29 bits per heavy atom. The summed E-state index contributed by atoms with van der Waals surface area (Å²) in [6, 6.07) is 1.82. The van der Waals surface area contributed by atoms with Crippen molar-refractivity contribution in [2.24, 2.45) is 0 Å². The molecule has 24 heavy (non-hydrogen) atoms. The average Bonchev–Trinajstić information content (AvgIpc) is 2.58. The van der Waals surface area contributed by atoms with Crippen molar-refractivity contribution >= 4 is 40.4 Å². The Labute approximate surface area is 151 Å². The zero-order chi connectivity index (χ0) is 18.3. The summed E-state index contributed by atoms with van der Waals surface area (Å²) in [5.74, 6) is 0.353. The molecule has 1 N–H and O–H groups in total. The van der Waals surface area contributed by atoms with E-state index in [1.807, 2.05) is 33.8 Å². The molecule has 0 aliphatic carbocycles. The van der Waals surface area contributed by atoms with E-state index in [1.54, 1.807) is 27.0 Å². The summed E-state index contributed by atoms with van der Waals surface area (Å²) in [4.78, 5) is 16.3. The first-order valence-corrected chi connectivity index (χ1v) is 8.61. The highest BCUT2D eigenvalue weighted by Crippen LogP contribution is 2.37. The molecule has 2 heterocycles. The summed E-state index contributed by atoms with van der Waals surface area (Å²) in [5.41, 5.74) is -0.926. The maximum atomic E-state index is 12.1. The SMILES string of the molecule is CC(C)(C)OC(=O)Nc1ncc(Br)cc1B1OC(C)(C)C(C)(C)O1. The highest BCUT2D eigenvalue weighted by Gasteiger charge is 2.52. The Morgan fingerprint density at radius 2 is 1.79 bits per heavy atom. The van der Waals surface area contributed by atoms with Crippen LogP contribution in [0.25, 0.3) is 0 Å². The second kappa shape index (κ2) is 6.31. The van der Waals surface area contributed by atoms with E-state index in [4.69, 9.17) is 14.0 Å². The summed E-state index contributed by atoms with van der Waals surface area (Å²) in [6.07, 6.45) is 1.02. The lowest BCUT2D eigenvalue weighted by Crippen LogP contribution is -2.41. The number of ether oxygens (including phenoxy) is 1. The monoisotopic (exact) mass is 398 g/mol. The van der Waals surface area contributed by atoms with Gasteiger partial charge in [-0.05, 0) is 70.5 Å². The lowest BCUT2D eigenvalue weighted by molar-refractivity contribution is 0.00578. The van der Waals surface area contributed by atoms with Gasteiger partial charge in [0, 0.05) is 16.1 Å². The molecule has 0 atom stereocenters. The Morgan fingerprint density at radius 1 is 1.25 bits per heavy atom. The van der Waals surface area contributed by atoms with Crippen LogP contribution in [0.2, 0.25) is 0 Å². The van der Waals surface area contributed by atoms with Crippen molar-refractivity contribution in [2.75, 3.05) is 5.32 Å². The van der Waals surface area contributed by atoms with Crippen molar-refractivity contribution in [3.8, 4) is 0 Å². The number of nitrogens with zero attached hydrogens (tertiary/aromatic N) is 1. The molecular weight excluding hydrogens is 375 g/mol. The molecule has 0 aromatic carbocycles. The van der Waals surface area contributed by atoms with Gasteiger partial charge in [-0.2, -0.15) is 0 Å². The molecule has 0 bridgehead atoms. The Bertz CT molecular complexity index is 627. The standard InChI is InChI=1S/C16H24BBrN2O4/c1-14(2,3)22-13(21)20-12-11(8-10(18)9-19-12)17-23-15(4,5)16(6,7)24-17/h8-9H,1-7H3,(H,19,20,21). The van der Waals surface area contributed by atoms with Gasteiger partial charge in [0.15, 0.2) is 0 Å². The molecule has 0 saturated carbocycles. The first kappa shape index (κ1) is 19.2. The van der Waals surface area contributed by atoms with Crippen LogP contribution in [0.4, 0.5) is 10.6 Å². The largest absolute Gasteiger partial charge is 0.498 e. The normalized spacial score (nSPS) is 19.2. The number of anilines is 1. The van der Waals surface area contributed by atoms with E-state index in [9.17, 15) is 4.79 Å². The molecule has 132 valence electrons. The van der Waals surface area contributed by atoms with E-state index in [-0.39, 0.29) is 0 Å². The van der Waals surface area contributed by atoms with Gasteiger partial charge < -0.3 is 14.0 Å². The molecule has 1 amide bonds. The number of nitrogens with one attached hydrogen (secondary N) is 1. The van der Waals surface area contributed by atoms with E-state index in [0.29, 0.717) is 11.3 Å². The van der Waals surface area contributed by atoms with Gasteiger partial charge in [-0.25, -0.2) is 9.78 Å². The van der Waals surface area contributed by atoms with Gasteiger partial charge in [0.1, 0.15) is 11.4 Å². The van der Waals surface area contributed by atoms with Crippen molar-refractivity contribution in [3.63, 3.8) is 0 Å². The molecule has 1 aromatic rings. The first-order valence-electron chi connectivity index (χ1n) is 7.82. The van der Waals surface area contributed by atoms with Crippen LogP contribution >= 0.6 is 15.9 Å². The van der Waals surface area contributed by atoms with Crippen molar-refractivity contribution in [2.45, 2.75) is 65.3 Å². The predicted octanol–water partition coefficient (Wildman–Crippen LogP) is 3.49. The number of carbonyl (C=O) groups excluding carboxylic acids is 1. The van der Waals surface area contributed by atoms with E-state index < -0.39 is 30.0 Å². The number of pyridine rings is 1. The van der Waals surface area contributed by atoms with Crippen LogP contribution in [0.1, 0.15) is 48.5 Å². The zero-order valence-corrected chi connectivity index (χ0v) is 16.8. The minimum atomic E-state index is -0.634. The molecule has 0 spiro atoms. The van der Waals surface area contributed by atoms with Crippen LogP contribution in [-0.2, 0) is 14.0 Å². The van der Waals surface area contributed by atoms with Gasteiger partial charge in [0.05, 0.1) is 11.2 Å². The van der Waals surface area contributed by atoms with Crippen molar-refractivity contribution in [1.82, 2.24) is 4.98 Å². The lowest BCUT2D eigenvalue weighted by Gasteiger charge is -2.32. The molecule has 1 aliphatic heterocycles. The third-order valence-electron chi connectivity index (χ3n) is 4.01. The Hall–Kier alpha value is -1.12. The molecule has 0 unspecified atom stereocenters. The molecule has 8 heteroatoms. The topological polar surface area (TPSA) is 69.7 Å². The van der Waals surface area contributed by atoms with Gasteiger partial charge in [-0.3, -0.25) is 5.32 Å². The summed E-state index contributed by atoms with van der Waals surface area (Å²) >= 11 is 3.40. The third-order valence-corrected chi connectivity index (χ3v) is 4.44. The summed E-state index contributed by atoms with van der Waals surface area (Å²) < 4.78 is 18.2. The summed E-state index contributed by atoms with van der Waals surface area (Å²) in [7, 11) is -0.634. The fraction of sp³-hybridized carbons (Fsp3) is 0.625. The quantitative estimate of drug-likeness (QED) is 0.772. The van der Waals surface area contributed by atoms with E-state index in [0.717, 1.165) is 4.47 Å². The van der Waals surface area contributed by atoms with Crippen molar-refractivity contribution in [1.29, 1.82) is 0 Å². The fourth-order valence-electron chi connectivity index (χ4n) is 2.11. The number of amides is 1. The molecule has 6 nitrogen and oxygen atoms in total. The van der Waals surface area contributed by atoms with Gasteiger partial charge in [0.25, 0.3) is 0 Å². The van der Waals surface area contributed by atoms with Crippen LogP contribution in [-0.4, -0.2) is 35.0 Å². The number of rotatable bonds is 2. The van der Waals surface area contributed by atoms with Crippen LogP contribution in [0.3, 0.4) is 0 Å². The van der Waals surface area contributed by atoms with Gasteiger partial charge in [-0.15, -0.1) is 0 Å². The molecule has 2 rings (SSSR count). The average molecular weight is 399 g/mol. The molecule has 0 radical (unpaired) electrons. The molecule has 1 fully saturated rings. The van der Waals surface area contributed by atoms with Crippen LogP contribution in [0.15, 0.2) is 16.7 Å². The Kier molecular flexibility index (Phi) is 5.05. The molecule has 1 aromatic heterocycles. The van der Waals surface area contributed by atoms with Crippen molar-refractivity contribution in [3.05, 3.63) is 16.7 Å². The number of hydrogen-bond donors (Lipinski definition) is 1. The van der Waals surface area contributed by atoms with E-state index in [1.165, 1.54) is 0 Å². The smallest absolute Gasteiger partial charge is 0.444 e. The maximum Gasteiger partial charge on any atom is 0.498 e. The Balaban J connectivity index is 2.28. The van der Waals surface area contributed by atoms with Gasteiger partial charge in [0.2, 0.25) is 0 Å². The highest BCUT2D eigenvalue weighted by atomic mass is 79.9. The molecule has 1 aliphatic rings. The number of hydrogen-bond acceptors (Lipinski definition) is 5. The first-order chi connectivity index (χ1) is 10.8. The van der Waals surface area contributed by atoms with Gasteiger partial charge in [-0.1, -0.05) is 0 Å².